The largest absolute Gasteiger partial charge is 0.412 e. The van der Waals surface area contributed by atoms with E-state index in [2.05, 4.69) is 9.05 Å². The lowest BCUT2D eigenvalue weighted by Gasteiger charge is -2.26. The molecule has 10 heteroatoms. The Morgan fingerprint density at radius 1 is 0.793 bits per heavy atom. The maximum atomic E-state index is 13.4. The van der Waals surface area contributed by atoms with Gasteiger partial charge in [-0.25, -0.2) is 0 Å². The van der Waals surface area contributed by atoms with Crippen molar-refractivity contribution in [3.63, 3.8) is 0 Å². The van der Waals surface area contributed by atoms with Crippen molar-refractivity contribution >= 4 is 7.60 Å². The summed E-state index contributed by atoms with van der Waals surface area (Å²) in [4.78, 5) is 0. The molecule has 0 heterocycles. The lowest BCUT2D eigenvalue weighted by molar-refractivity contribution is -0.165. The van der Waals surface area contributed by atoms with Crippen LogP contribution in [-0.4, -0.2) is 25.6 Å². The first-order valence-electron chi connectivity index (χ1n) is 8.53. The van der Waals surface area contributed by atoms with Gasteiger partial charge in [0, 0.05) is 0 Å². The molecule has 0 unspecified atom stereocenters. The predicted molar refractivity (Wildman–Crippen MR) is 94.8 cm³/mol. The maximum Gasteiger partial charge on any atom is 0.412 e. The molecule has 0 spiro atoms. The first-order chi connectivity index (χ1) is 13.3. The van der Waals surface area contributed by atoms with Gasteiger partial charge in [-0.2, -0.15) is 26.3 Å². The van der Waals surface area contributed by atoms with Gasteiger partial charge in [0.15, 0.2) is 13.2 Å². The van der Waals surface area contributed by atoms with E-state index in [0.29, 0.717) is 22.3 Å². The highest BCUT2D eigenvalue weighted by Gasteiger charge is 2.48. The summed E-state index contributed by atoms with van der Waals surface area (Å²) >= 11 is 0. The van der Waals surface area contributed by atoms with Crippen LogP contribution in [0.2, 0.25) is 0 Å². The van der Waals surface area contributed by atoms with Crippen LogP contribution in [0.15, 0.2) is 36.4 Å². The number of benzene rings is 2. The summed E-state index contributed by atoms with van der Waals surface area (Å²) < 4.78 is 98.8. The third kappa shape index (κ3) is 4.85. The highest BCUT2D eigenvalue weighted by Crippen LogP contribution is 2.69. The van der Waals surface area contributed by atoms with Gasteiger partial charge in [0.05, 0.1) is 0 Å². The Hall–Kier alpha value is -1.83. The molecule has 0 saturated carbocycles. The Morgan fingerprint density at radius 3 is 1.52 bits per heavy atom. The number of alkyl halides is 6. The van der Waals surface area contributed by atoms with Crippen LogP contribution in [0.4, 0.5) is 26.3 Å². The second-order valence-electron chi connectivity index (χ2n) is 6.90. The summed E-state index contributed by atoms with van der Waals surface area (Å²) in [6.07, 6.45) is -9.77. The number of hydrogen-bond donors (Lipinski definition) is 0. The Labute approximate surface area is 163 Å². The smallest absolute Gasteiger partial charge is 0.298 e. The van der Waals surface area contributed by atoms with E-state index in [1.807, 2.05) is 0 Å². The normalized spacial score (nSPS) is 14.8. The Kier molecular flexibility index (Phi) is 5.62. The highest BCUT2D eigenvalue weighted by molar-refractivity contribution is 7.54. The predicted octanol–water partition coefficient (Wildman–Crippen LogP) is 6.72. The molecule has 0 bridgehead atoms. The first-order valence-corrected chi connectivity index (χ1v) is 10.1. The number of halogens is 6. The van der Waals surface area contributed by atoms with Crippen molar-refractivity contribution in [2.24, 2.45) is 0 Å². The van der Waals surface area contributed by atoms with E-state index in [0.717, 1.165) is 11.1 Å². The van der Waals surface area contributed by atoms with Crippen molar-refractivity contribution in [1.29, 1.82) is 0 Å². The van der Waals surface area contributed by atoms with Crippen LogP contribution in [0.3, 0.4) is 0 Å². The fourth-order valence-corrected chi connectivity index (χ4v) is 5.46. The van der Waals surface area contributed by atoms with E-state index < -0.39 is 38.8 Å². The number of fused-ring (bicyclic) bond motifs is 3. The van der Waals surface area contributed by atoms with E-state index in [1.54, 1.807) is 38.1 Å². The molecule has 2 aromatic rings. The summed E-state index contributed by atoms with van der Waals surface area (Å²) in [5, 5.41) is 0. The van der Waals surface area contributed by atoms with Crippen LogP contribution in [0.25, 0.3) is 11.1 Å². The van der Waals surface area contributed by atoms with E-state index in [4.69, 9.17) is 0 Å². The molecule has 2 aromatic carbocycles. The van der Waals surface area contributed by atoms with Crippen LogP contribution in [-0.2, 0) is 13.6 Å². The van der Waals surface area contributed by atoms with Gasteiger partial charge in [0.1, 0.15) is 5.66 Å². The van der Waals surface area contributed by atoms with E-state index in [9.17, 15) is 30.9 Å². The second-order valence-corrected chi connectivity index (χ2v) is 9.01. The van der Waals surface area contributed by atoms with Crippen LogP contribution < -0.4 is 0 Å². The molecule has 0 atom stereocenters. The molecule has 1 aliphatic carbocycles. The molecule has 158 valence electrons. The van der Waals surface area contributed by atoms with Crippen molar-refractivity contribution in [1.82, 2.24) is 0 Å². The maximum absolute atomic E-state index is 13.4. The molecule has 0 N–H and O–H groups in total. The van der Waals surface area contributed by atoms with Gasteiger partial charge >= 0.3 is 19.9 Å². The zero-order chi connectivity index (χ0) is 21.6. The summed E-state index contributed by atoms with van der Waals surface area (Å²) in [6.45, 7) is -0.381. The standard InChI is InChI=1S/C19H17F6O3P/c1-11-3-5-13-15(7-11)16-8-12(2)4-6-14(16)17(13)29(26,27-9-18(20,21)22)28-10-19(23,24)25/h3-8,17H,9-10H2,1-2H3. The van der Waals surface area contributed by atoms with Crippen molar-refractivity contribution in [3.05, 3.63) is 58.7 Å². The molecule has 0 radical (unpaired) electrons. The fraction of sp³-hybridized carbons (Fsp3) is 0.368. The minimum Gasteiger partial charge on any atom is -0.298 e. The monoisotopic (exact) mass is 438 g/mol. The zero-order valence-corrected chi connectivity index (χ0v) is 16.3. The van der Waals surface area contributed by atoms with Gasteiger partial charge in [-0.05, 0) is 36.1 Å². The van der Waals surface area contributed by atoms with Crippen molar-refractivity contribution in [3.8, 4) is 11.1 Å². The van der Waals surface area contributed by atoms with Gasteiger partial charge < -0.3 is 0 Å². The molecule has 0 aliphatic heterocycles. The van der Waals surface area contributed by atoms with Gasteiger partial charge in [-0.3, -0.25) is 13.6 Å². The molecular weight excluding hydrogens is 421 g/mol. The topological polar surface area (TPSA) is 35.5 Å². The Morgan fingerprint density at radius 2 is 1.17 bits per heavy atom. The molecule has 0 amide bonds. The molecule has 0 fully saturated rings. The zero-order valence-electron chi connectivity index (χ0n) is 15.4. The quantitative estimate of drug-likeness (QED) is 0.384. The summed E-state index contributed by atoms with van der Waals surface area (Å²) in [5.41, 5.74) is 2.06. The average Bonchev–Trinajstić information content (AvgIpc) is 2.91. The Bertz CT molecular complexity index is 894. The number of rotatable bonds is 5. The van der Waals surface area contributed by atoms with Crippen LogP contribution in [0.1, 0.15) is 27.9 Å². The molecule has 3 nitrogen and oxygen atoms in total. The molecule has 0 aromatic heterocycles. The van der Waals surface area contributed by atoms with Crippen LogP contribution in [0.5, 0.6) is 0 Å². The first kappa shape index (κ1) is 21.9. The van der Waals surface area contributed by atoms with Gasteiger partial charge in [-0.15, -0.1) is 0 Å². The summed E-state index contributed by atoms with van der Waals surface area (Å²) in [6, 6.07) is 9.83. The van der Waals surface area contributed by atoms with Gasteiger partial charge in [-0.1, -0.05) is 47.5 Å². The summed E-state index contributed by atoms with van der Waals surface area (Å²) in [5.74, 6) is 0. The lowest BCUT2D eigenvalue weighted by atomic mass is 10.0. The molecule has 3 rings (SSSR count). The van der Waals surface area contributed by atoms with E-state index in [1.165, 1.54) is 12.1 Å². The molecule has 0 saturated heterocycles. The van der Waals surface area contributed by atoms with Crippen molar-refractivity contribution in [2.45, 2.75) is 31.9 Å². The highest BCUT2D eigenvalue weighted by atomic mass is 31.2. The number of aryl methyl sites for hydroxylation is 2. The van der Waals surface area contributed by atoms with Crippen LogP contribution >= 0.6 is 7.60 Å². The van der Waals surface area contributed by atoms with E-state index in [-0.39, 0.29) is 0 Å². The van der Waals surface area contributed by atoms with Crippen LogP contribution in [0, 0.1) is 13.8 Å². The summed E-state index contributed by atoms with van der Waals surface area (Å²) in [7, 11) is -4.89. The van der Waals surface area contributed by atoms with Gasteiger partial charge in [0.25, 0.3) is 0 Å². The van der Waals surface area contributed by atoms with Gasteiger partial charge in [0.2, 0.25) is 0 Å². The van der Waals surface area contributed by atoms with E-state index >= 15 is 0 Å². The average molecular weight is 438 g/mol. The third-order valence-electron chi connectivity index (χ3n) is 4.43. The number of hydrogen-bond acceptors (Lipinski definition) is 3. The Balaban J connectivity index is 2.13. The molecule has 1 aliphatic rings. The minimum absolute atomic E-state index is 0.309. The minimum atomic E-state index is -4.89. The fourth-order valence-electron chi connectivity index (χ4n) is 3.30. The lowest BCUT2D eigenvalue weighted by Crippen LogP contribution is -2.21. The second kappa shape index (κ2) is 7.45. The van der Waals surface area contributed by atoms with Crippen molar-refractivity contribution in [2.75, 3.05) is 13.2 Å². The van der Waals surface area contributed by atoms with Crippen molar-refractivity contribution < 1.29 is 40.0 Å². The molecule has 29 heavy (non-hydrogen) atoms. The SMILES string of the molecule is Cc1ccc2c(c1)-c1cc(C)ccc1C2P(=O)(OCC(F)(F)F)OCC(F)(F)F. The third-order valence-corrected chi connectivity index (χ3v) is 6.60. The molecular formula is C19H17F6O3P.